The van der Waals surface area contributed by atoms with E-state index in [2.05, 4.69) is 31.3 Å². The standard InChI is InChI=1S/C18H14BrF3N4O2/c1-26-15(14(19)9-24-26)13-7-12(8-23-17(13)28-2)25-16(27)10-3-5-11(6-4-10)18(20,21)22/h3-9H,1-2H3,(H,25,27). The van der Waals surface area contributed by atoms with E-state index in [-0.39, 0.29) is 5.56 Å². The van der Waals surface area contributed by atoms with E-state index in [9.17, 15) is 18.0 Å². The van der Waals surface area contributed by atoms with E-state index in [0.717, 1.165) is 24.3 Å². The predicted molar refractivity (Wildman–Crippen MR) is 100 cm³/mol. The Kier molecular flexibility index (Phi) is 5.41. The van der Waals surface area contributed by atoms with Gasteiger partial charge in [0.15, 0.2) is 0 Å². The molecule has 0 spiro atoms. The van der Waals surface area contributed by atoms with E-state index in [1.807, 2.05) is 0 Å². The fourth-order valence-corrected chi connectivity index (χ4v) is 3.14. The summed E-state index contributed by atoms with van der Waals surface area (Å²) in [5.41, 5.74) is 0.897. The molecule has 10 heteroatoms. The lowest BCUT2D eigenvalue weighted by molar-refractivity contribution is -0.137. The number of methoxy groups -OCH3 is 1. The Bertz CT molecular complexity index is 997. The minimum Gasteiger partial charge on any atom is -0.481 e. The fraction of sp³-hybridized carbons (Fsp3) is 0.167. The zero-order chi connectivity index (χ0) is 20.5. The van der Waals surface area contributed by atoms with Gasteiger partial charge in [-0.05, 0) is 46.3 Å². The highest BCUT2D eigenvalue weighted by molar-refractivity contribution is 9.10. The number of pyridine rings is 1. The van der Waals surface area contributed by atoms with Crippen LogP contribution in [-0.4, -0.2) is 27.8 Å². The third kappa shape index (κ3) is 4.01. The van der Waals surface area contributed by atoms with E-state index in [1.165, 1.54) is 13.3 Å². The Morgan fingerprint density at radius 3 is 2.43 bits per heavy atom. The molecule has 0 atom stereocenters. The molecule has 28 heavy (non-hydrogen) atoms. The van der Waals surface area contributed by atoms with Crippen LogP contribution in [0.5, 0.6) is 5.88 Å². The molecule has 0 aliphatic heterocycles. The molecule has 1 amide bonds. The van der Waals surface area contributed by atoms with Crippen LogP contribution in [0, 0.1) is 0 Å². The van der Waals surface area contributed by atoms with E-state index in [4.69, 9.17) is 4.74 Å². The number of alkyl halides is 3. The van der Waals surface area contributed by atoms with Gasteiger partial charge in [0.05, 0.1) is 46.5 Å². The van der Waals surface area contributed by atoms with Crippen molar-refractivity contribution in [2.45, 2.75) is 6.18 Å². The van der Waals surface area contributed by atoms with Gasteiger partial charge in [0.2, 0.25) is 5.88 Å². The number of halogens is 4. The van der Waals surface area contributed by atoms with Crippen molar-refractivity contribution >= 4 is 27.5 Å². The summed E-state index contributed by atoms with van der Waals surface area (Å²) in [6.07, 6.45) is -1.45. The zero-order valence-corrected chi connectivity index (χ0v) is 16.3. The topological polar surface area (TPSA) is 69.0 Å². The van der Waals surface area contributed by atoms with Crippen molar-refractivity contribution in [3.63, 3.8) is 0 Å². The molecule has 0 fully saturated rings. The molecule has 0 saturated carbocycles. The van der Waals surface area contributed by atoms with Gasteiger partial charge in [-0.25, -0.2) is 4.98 Å². The highest BCUT2D eigenvalue weighted by atomic mass is 79.9. The van der Waals surface area contributed by atoms with Crippen LogP contribution in [0.1, 0.15) is 15.9 Å². The van der Waals surface area contributed by atoms with Gasteiger partial charge in [0, 0.05) is 12.6 Å². The molecule has 1 aromatic carbocycles. The first-order valence-electron chi connectivity index (χ1n) is 7.91. The van der Waals surface area contributed by atoms with Crippen molar-refractivity contribution in [1.29, 1.82) is 0 Å². The maximum Gasteiger partial charge on any atom is 0.416 e. The summed E-state index contributed by atoms with van der Waals surface area (Å²) in [7, 11) is 3.21. The normalized spacial score (nSPS) is 11.4. The first kappa shape index (κ1) is 19.9. The molecule has 2 heterocycles. The molecular weight excluding hydrogens is 441 g/mol. The van der Waals surface area contributed by atoms with Crippen LogP contribution in [0.15, 0.2) is 47.2 Å². The average Bonchev–Trinajstić information content (AvgIpc) is 2.99. The van der Waals surface area contributed by atoms with Gasteiger partial charge >= 0.3 is 6.18 Å². The van der Waals surface area contributed by atoms with Gasteiger partial charge in [-0.1, -0.05) is 0 Å². The second-order valence-corrected chi connectivity index (χ2v) is 6.63. The molecule has 0 aliphatic rings. The van der Waals surface area contributed by atoms with Crippen LogP contribution in [0.3, 0.4) is 0 Å². The number of aryl methyl sites for hydroxylation is 1. The number of rotatable bonds is 4. The third-order valence-corrected chi connectivity index (χ3v) is 4.51. The predicted octanol–water partition coefficient (Wildman–Crippen LogP) is 4.52. The van der Waals surface area contributed by atoms with Gasteiger partial charge < -0.3 is 10.1 Å². The van der Waals surface area contributed by atoms with E-state index in [1.54, 1.807) is 24.0 Å². The lowest BCUT2D eigenvalue weighted by Gasteiger charge is -2.12. The number of benzene rings is 1. The molecule has 0 saturated heterocycles. The van der Waals surface area contributed by atoms with Gasteiger partial charge in [-0.3, -0.25) is 9.48 Å². The second kappa shape index (κ2) is 7.63. The lowest BCUT2D eigenvalue weighted by Crippen LogP contribution is -2.13. The molecule has 2 aromatic heterocycles. The number of aromatic nitrogens is 3. The summed E-state index contributed by atoms with van der Waals surface area (Å²) >= 11 is 3.41. The van der Waals surface area contributed by atoms with Gasteiger partial charge in [-0.2, -0.15) is 18.3 Å². The summed E-state index contributed by atoms with van der Waals surface area (Å²) in [5.74, 6) is -0.229. The van der Waals surface area contributed by atoms with E-state index < -0.39 is 17.6 Å². The second-order valence-electron chi connectivity index (χ2n) is 5.77. The Hall–Kier alpha value is -2.88. The fourth-order valence-electron chi connectivity index (χ4n) is 2.58. The zero-order valence-electron chi connectivity index (χ0n) is 14.7. The summed E-state index contributed by atoms with van der Waals surface area (Å²) in [4.78, 5) is 16.6. The molecule has 146 valence electrons. The SMILES string of the molecule is COc1ncc(NC(=O)c2ccc(C(F)(F)F)cc2)cc1-c1c(Br)cnn1C. The smallest absolute Gasteiger partial charge is 0.416 e. The molecule has 0 aliphatic carbocycles. The number of nitrogens with one attached hydrogen (secondary N) is 1. The van der Waals surface area contributed by atoms with Crippen molar-refractivity contribution in [3.8, 4) is 17.1 Å². The van der Waals surface area contributed by atoms with Gasteiger partial charge in [-0.15, -0.1) is 0 Å². The molecule has 0 bridgehead atoms. The van der Waals surface area contributed by atoms with Crippen LogP contribution < -0.4 is 10.1 Å². The van der Waals surface area contributed by atoms with Crippen LogP contribution in [-0.2, 0) is 13.2 Å². The monoisotopic (exact) mass is 454 g/mol. The van der Waals surface area contributed by atoms with Crippen molar-refractivity contribution in [1.82, 2.24) is 14.8 Å². The number of anilines is 1. The number of ether oxygens (including phenoxy) is 1. The van der Waals surface area contributed by atoms with Gasteiger partial charge in [0.1, 0.15) is 0 Å². The highest BCUT2D eigenvalue weighted by Crippen LogP contribution is 2.35. The van der Waals surface area contributed by atoms with Crippen LogP contribution in [0.25, 0.3) is 11.3 Å². The molecule has 6 nitrogen and oxygen atoms in total. The Balaban J connectivity index is 1.89. The number of amides is 1. The minimum atomic E-state index is -4.46. The van der Waals surface area contributed by atoms with E-state index >= 15 is 0 Å². The van der Waals surface area contributed by atoms with Gasteiger partial charge in [0.25, 0.3) is 5.91 Å². The molecule has 3 aromatic rings. The Labute approximate surface area is 166 Å². The number of carbonyl (C=O) groups is 1. The summed E-state index contributed by atoms with van der Waals surface area (Å²) in [6, 6.07) is 5.61. The Morgan fingerprint density at radius 1 is 1.21 bits per heavy atom. The van der Waals surface area contributed by atoms with Crippen molar-refractivity contribution < 1.29 is 22.7 Å². The summed E-state index contributed by atoms with van der Waals surface area (Å²) < 4.78 is 45.6. The van der Waals surface area contributed by atoms with Crippen molar-refractivity contribution in [2.75, 3.05) is 12.4 Å². The molecule has 1 N–H and O–H groups in total. The Morgan fingerprint density at radius 2 is 1.89 bits per heavy atom. The summed E-state index contributed by atoms with van der Waals surface area (Å²) in [5, 5.41) is 6.77. The number of hydrogen-bond acceptors (Lipinski definition) is 4. The molecule has 0 radical (unpaired) electrons. The number of nitrogens with zero attached hydrogens (tertiary/aromatic N) is 3. The van der Waals surface area contributed by atoms with E-state index in [0.29, 0.717) is 27.3 Å². The van der Waals surface area contributed by atoms with Crippen LogP contribution in [0.2, 0.25) is 0 Å². The van der Waals surface area contributed by atoms with Crippen molar-refractivity contribution in [2.24, 2.45) is 7.05 Å². The first-order valence-corrected chi connectivity index (χ1v) is 8.70. The van der Waals surface area contributed by atoms with Crippen LogP contribution >= 0.6 is 15.9 Å². The molecule has 3 rings (SSSR count). The maximum absolute atomic E-state index is 12.7. The lowest BCUT2D eigenvalue weighted by atomic mass is 10.1. The third-order valence-electron chi connectivity index (χ3n) is 3.93. The van der Waals surface area contributed by atoms with Crippen LogP contribution in [0.4, 0.5) is 18.9 Å². The average molecular weight is 455 g/mol. The largest absolute Gasteiger partial charge is 0.481 e. The number of carbonyl (C=O) groups excluding carboxylic acids is 1. The summed E-state index contributed by atoms with van der Waals surface area (Å²) in [6.45, 7) is 0. The minimum absolute atomic E-state index is 0.0899. The molecule has 0 unspecified atom stereocenters. The number of hydrogen-bond donors (Lipinski definition) is 1. The first-order chi connectivity index (χ1) is 13.2. The maximum atomic E-state index is 12.7. The highest BCUT2D eigenvalue weighted by Gasteiger charge is 2.30. The van der Waals surface area contributed by atoms with Crippen molar-refractivity contribution in [3.05, 3.63) is 58.3 Å². The quantitative estimate of drug-likeness (QED) is 0.628. The molecular formula is C18H14BrF3N4O2.